The quantitative estimate of drug-likeness (QED) is 0.874. The van der Waals surface area contributed by atoms with Crippen LogP contribution in [-0.4, -0.2) is 13.4 Å². The zero-order valence-corrected chi connectivity index (χ0v) is 9.11. The van der Waals surface area contributed by atoms with E-state index in [1.54, 1.807) is 0 Å². The van der Waals surface area contributed by atoms with E-state index >= 15 is 0 Å². The lowest BCUT2D eigenvalue weighted by Gasteiger charge is -2.08. The van der Waals surface area contributed by atoms with Gasteiger partial charge in [-0.25, -0.2) is 27.3 Å². The molecule has 0 saturated heterocycles. The Morgan fingerprint density at radius 3 is 2.47 bits per heavy atom. The molecule has 0 aromatic carbocycles. The van der Waals surface area contributed by atoms with Crippen molar-refractivity contribution in [3.63, 3.8) is 0 Å². The van der Waals surface area contributed by atoms with Crippen LogP contribution in [0, 0.1) is 6.92 Å². The van der Waals surface area contributed by atoms with E-state index in [9.17, 15) is 17.2 Å². The van der Waals surface area contributed by atoms with E-state index in [-0.39, 0.29) is 10.6 Å². The fourth-order valence-corrected chi connectivity index (χ4v) is 2.04. The third kappa shape index (κ3) is 2.42. The Balaban J connectivity index is 3.48. The average molecular weight is 257 g/mol. The van der Waals surface area contributed by atoms with Crippen LogP contribution >= 0.6 is 11.6 Å². The molecule has 1 aromatic heterocycles. The molecule has 2 N–H and O–H groups in total. The molecular formula is C7H7ClF2N2O2S. The van der Waals surface area contributed by atoms with Crippen LogP contribution in [0.4, 0.5) is 8.78 Å². The molecule has 0 spiro atoms. The van der Waals surface area contributed by atoms with Crippen molar-refractivity contribution in [1.29, 1.82) is 0 Å². The molecule has 0 amide bonds. The van der Waals surface area contributed by atoms with Gasteiger partial charge in [0.1, 0.15) is 0 Å². The van der Waals surface area contributed by atoms with Crippen LogP contribution in [0.3, 0.4) is 0 Å². The first-order valence-electron chi connectivity index (χ1n) is 3.71. The van der Waals surface area contributed by atoms with Crippen molar-refractivity contribution in [1.82, 2.24) is 4.98 Å². The zero-order valence-electron chi connectivity index (χ0n) is 7.54. The standard InChI is InChI=1S/C7H7ClF2N2O2S/c1-3-5(8)4(6(9)10)2-12-7(3)15(11,13)14/h2,6H,1H3,(H2,11,13,14). The van der Waals surface area contributed by atoms with Gasteiger partial charge in [0.2, 0.25) is 0 Å². The monoisotopic (exact) mass is 256 g/mol. The topological polar surface area (TPSA) is 73.1 Å². The van der Waals surface area contributed by atoms with Crippen LogP contribution in [0.5, 0.6) is 0 Å². The molecule has 84 valence electrons. The second-order valence-corrected chi connectivity index (χ2v) is 4.66. The molecule has 0 aliphatic rings. The molecule has 0 atom stereocenters. The third-order valence-corrected chi connectivity index (χ3v) is 3.18. The molecule has 1 heterocycles. The number of aromatic nitrogens is 1. The smallest absolute Gasteiger partial charge is 0.243 e. The molecule has 1 rings (SSSR count). The molecule has 1 aromatic rings. The van der Waals surface area contributed by atoms with Gasteiger partial charge in [-0.05, 0) is 6.92 Å². The number of hydrogen-bond donors (Lipinski definition) is 1. The SMILES string of the molecule is Cc1c(S(N)(=O)=O)ncc(C(F)F)c1Cl. The maximum atomic E-state index is 12.3. The first-order chi connectivity index (χ1) is 6.75. The fraction of sp³-hybridized carbons (Fsp3) is 0.286. The summed E-state index contributed by atoms with van der Waals surface area (Å²) in [6.07, 6.45) is -2.10. The summed E-state index contributed by atoms with van der Waals surface area (Å²) >= 11 is 5.56. The maximum Gasteiger partial charge on any atom is 0.266 e. The number of pyridine rings is 1. The second kappa shape index (κ2) is 3.99. The molecule has 15 heavy (non-hydrogen) atoms. The van der Waals surface area contributed by atoms with Crippen LogP contribution in [0.1, 0.15) is 17.6 Å². The Morgan fingerprint density at radius 1 is 1.53 bits per heavy atom. The van der Waals surface area contributed by atoms with E-state index in [1.807, 2.05) is 0 Å². The van der Waals surface area contributed by atoms with Crippen molar-refractivity contribution in [3.05, 3.63) is 22.3 Å². The predicted molar refractivity (Wildman–Crippen MR) is 50.3 cm³/mol. The number of nitrogens with zero attached hydrogens (tertiary/aromatic N) is 1. The number of rotatable bonds is 2. The summed E-state index contributed by atoms with van der Waals surface area (Å²) in [6.45, 7) is 1.26. The molecule has 0 bridgehead atoms. The van der Waals surface area contributed by atoms with Crippen LogP contribution in [-0.2, 0) is 10.0 Å². The highest BCUT2D eigenvalue weighted by Gasteiger charge is 2.21. The molecule has 0 unspecified atom stereocenters. The number of alkyl halides is 2. The molecule has 8 heteroatoms. The van der Waals surface area contributed by atoms with Gasteiger partial charge in [-0.3, -0.25) is 0 Å². The van der Waals surface area contributed by atoms with Crippen LogP contribution in [0.15, 0.2) is 11.2 Å². The summed E-state index contributed by atoms with van der Waals surface area (Å²) in [5.41, 5.74) is -0.585. The number of nitrogens with two attached hydrogens (primary N) is 1. The predicted octanol–water partition coefficient (Wildman–Crippen LogP) is 1.63. The minimum Gasteiger partial charge on any atom is -0.243 e. The summed E-state index contributed by atoms with van der Waals surface area (Å²) in [7, 11) is -4.04. The summed E-state index contributed by atoms with van der Waals surface area (Å²) in [5.74, 6) is 0. The lowest BCUT2D eigenvalue weighted by atomic mass is 10.2. The Bertz CT molecular complexity index is 490. The highest BCUT2D eigenvalue weighted by atomic mass is 35.5. The molecule has 0 saturated carbocycles. The Kier molecular flexibility index (Phi) is 3.27. The van der Waals surface area contributed by atoms with Gasteiger partial charge in [0.25, 0.3) is 16.4 Å². The first kappa shape index (κ1) is 12.3. The van der Waals surface area contributed by atoms with Crippen LogP contribution in [0.2, 0.25) is 5.02 Å². The van der Waals surface area contributed by atoms with E-state index in [1.165, 1.54) is 6.92 Å². The van der Waals surface area contributed by atoms with Crippen LogP contribution in [0.25, 0.3) is 0 Å². The molecule has 0 radical (unpaired) electrons. The molecule has 0 fully saturated rings. The number of hydrogen-bond acceptors (Lipinski definition) is 3. The van der Waals surface area contributed by atoms with Crippen molar-refractivity contribution in [2.75, 3.05) is 0 Å². The summed E-state index contributed by atoms with van der Waals surface area (Å²) < 4.78 is 46.6. The van der Waals surface area contributed by atoms with E-state index in [2.05, 4.69) is 4.98 Å². The largest absolute Gasteiger partial charge is 0.266 e. The first-order valence-corrected chi connectivity index (χ1v) is 5.63. The van der Waals surface area contributed by atoms with Crippen molar-refractivity contribution >= 4 is 21.6 Å². The van der Waals surface area contributed by atoms with Crippen molar-refractivity contribution < 1.29 is 17.2 Å². The van der Waals surface area contributed by atoms with Crippen molar-refractivity contribution in [2.45, 2.75) is 18.4 Å². The summed E-state index contributed by atoms with van der Waals surface area (Å²) in [5, 5.41) is 4.00. The van der Waals surface area contributed by atoms with Gasteiger partial charge < -0.3 is 0 Å². The van der Waals surface area contributed by atoms with Gasteiger partial charge in [-0.2, -0.15) is 0 Å². The molecule has 4 nitrogen and oxygen atoms in total. The molecule has 0 aliphatic carbocycles. The van der Waals surface area contributed by atoms with E-state index in [4.69, 9.17) is 16.7 Å². The summed E-state index contributed by atoms with van der Waals surface area (Å²) in [4.78, 5) is 3.35. The number of halogens is 3. The lowest BCUT2D eigenvalue weighted by Crippen LogP contribution is -2.16. The van der Waals surface area contributed by atoms with E-state index in [0.29, 0.717) is 6.20 Å². The van der Waals surface area contributed by atoms with Gasteiger partial charge in [0.05, 0.1) is 10.6 Å². The minimum atomic E-state index is -4.04. The Hall–Kier alpha value is -0.790. The van der Waals surface area contributed by atoms with Gasteiger partial charge in [0, 0.05) is 11.8 Å². The van der Waals surface area contributed by atoms with E-state index in [0.717, 1.165) is 0 Å². The zero-order chi connectivity index (χ0) is 11.8. The average Bonchev–Trinajstić information content (AvgIpc) is 2.06. The normalized spacial score (nSPS) is 12.1. The molecule has 0 aliphatic heterocycles. The highest BCUT2D eigenvalue weighted by Crippen LogP contribution is 2.30. The lowest BCUT2D eigenvalue weighted by molar-refractivity contribution is 0.151. The fourth-order valence-electron chi connectivity index (χ4n) is 1.03. The molecular weight excluding hydrogens is 250 g/mol. The summed E-state index contributed by atoms with van der Waals surface area (Å²) in [6, 6.07) is 0. The Morgan fingerprint density at radius 2 is 2.07 bits per heavy atom. The highest BCUT2D eigenvalue weighted by molar-refractivity contribution is 7.89. The van der Waals surface area contributed by atoms with Gasteiger partial charge >= 0.3 is 0 Å². The minimum absolute atomic E-state index is 0.0723. The van der Waals surface area contributed by atoms with Crippen molar-refractivity contribution in [3.8, 4) is 0 Å². The maximum absolute atomic E-state index is 12.3. The number of primary sulfonamides is 1. The number of sulfonamides is 1. The second-order valence-electron chi connectivity index (χ2n) is 2.80. The Labute approximate surface area is 90.1 Å². The van der Waals surface area contributed by atoms with Gasteiger partial charge in [0.15, 0.2) is 5.03 Å². The van der Waals surface area contributed by atoms with Gasteiger partial charge in [-0.15, -0.1) is 0 Å². The van der Waals surface area contributed by atoms with Gasteiger partial charge in [-0.1, -0.05) is 11.6 Å². The van der Waals surface area contributed by atoms with Crippen molar-refractivity contribution in [2.24, 2.45) is 5.14 Å². The van der Waals surface area contributed by atoms with E-state index < -0.39 is 27.0 Å². The third-order valence-electron chi connectivity index (χ3n) is 1.73. The van der Waals surface area contributed by atoms with Crippen LogP contribution < -0.4 is 5.14 Å².